The Morgan fingerprint density at radius 1 is 1.40 bits per heavy atom. The van der Waals surface area contributed by atoms with Gasteiger partial charge in [-0.2, -0.15) is 5.10 Å². The zero-order valence-electron chi connectivity index (χ0n) is 11.8. The summed E-state index contributed by atoms with van der Waals surface area (Å²) in [7, 11) is 0. The lowest BCUT2D eigenvalue weighted by Gasteiger charge is -2.07. The van der Waals surface area contributed by atoms with E-state index < -0.39 is 5.97 Å². The van der Waals surface area contributed by atoms with Crippen LogP contribution in [-0.2, 0) is 4.79 Å². The Balaban J connectivity index is 2.41. The smallest absolute Gasteiger partial charge is 0.313 e. The Morgan fingerprint density at radius 3 is 2.75 bits per heavy atom. The number of benzene rings is 1. The van der Waals surface area contributed by atoms with Crippen molar-refractivity contribution >= 4 is 17.7 Å². The maximum Gasteiger partial charge on any atom is 0.313 e. The number of aryl methyl sites for hydroxylation is 1. The van der Waals surface area contributed by atoms with Gasteiger partial charge in [-0.1, -0.05) is 37.7 Å². The molecule has 0 saturated carbocycles. The molecule has 1 aromatic carbocycles. The lowest BCUT2D eigenvalue weighted by molar-refractivity contribution is -0.133. The predicted octanol–water partition coefficient (Wildman–Crippen LogP) is 3.48. The standard InChI is InChI=1S/C15H18N2O2S/c1-10(2)13-8-14(20-9-15(18)19)17(16-13)12-6-4-5-11(3)7-12/h4-8,10H,9H2,1-3H3,(H,18,19). The van der Waals surface area contributed by atoms with Crippen molar-refractivity contribution in [2.24, 2.45) is 0 Å². The van der Waals surface area contributed by atoms with E-state index in [0.29, 0.717) is 5.92 Å². The third-order valence-electron chi connectivity index (χ3n) is 2.88. The number of carboxylic acid groups (broad SMARTS) is 1. The molecule has 20 heavy (non-hydrogen) atoms. The van der Waals surface area contributed by atoms with E-state index in [4.69, 9.17) is 5.11 Å². The van der Waals surface area contributed by atoms with Crippen molar-refractivity contribution in [1.29, 1.82) is 0 Å². The molecule has 106 valence electrons. The minimum absolute atomic E-state index is 0.0368. The van der Waals surface area contributed by atoms with Crippen LogP contribution in [-0.4, -0.2) is 26.6 Å². The number of thioether (sulfide) groups is 1. The van der Waals surface area contributed by atoms with Crippen LogP contribution >= 0.6 is 11.8 Å². The highest BCUT2D eigenvalue weighted by molar-refractivity contribution is 7.99. The van der Waals surface area contributed by atoms with Crippen molar-refractivity contribution in [3.8, 4) is 5.69 Å². The molecule has 0 aliphatic rings. The molecule has 0 amide bonds. The number of aromatic nitrogens is 2. The molecular formula is C15H18N2O2S. The molecule has 5 heteroatoms. The summed E-state index contributed by atoms with van der Waals surface area (Å²) in [6.07, 6.45) is 0. The van der Waals surface area contributed by atoms with Gasteiger partial charge in [-0.05, 0) is 36.6 Å². The molecule has 1 heterocycles. The fourth-order valence-electron chi connectivity index (χ4n) is 1.85. The van der Waals surface area contributed by atoms with Crippen LogP contribution in [0.5, 0.6) is 0 Å². The summed E-state index contributed by atoms with van der Waals surface area (Å²) in [6.45, 7) is 6.18. The zero-order chi connectivity index (χ0) is 14.7. The highest BCUT2D eigenvalue weighted by atomic mass is 32.2. The summed E-state index contributed by atoms with van der Waals surface area (Å²) >= 11 is 1.30. The summed E-state index contributed by atoms with van der Waals surface area (Å²) in [6, 6.07) is 10.0. The molecule has 2 rings (SSSR count). The van der Waals surface area contributed by atoms with Gasteiger partial charge in [0.15, 0.2) is 0 Å². The quantitative estimate of drug-likeness (QED) is 0.857. The molecule has 0 atom stereocenters. The Hall–Kier alpha value is -1.75. The zero-order valence-corrected chi connectivity index (χ0v) is 12.6. The largest absolute Gasteiger partial charge is 0.481 e. The Labute approximate surface area is 122 Å². The minimum atomic E-state index is -0.821. The Morgan fingerprint density at radius 2 is 2.15 bits per heavy atom. The van der Waals surface area contributed by atoms with Gasteiger partial charge in [0.2, 0.25) is 0 Å². The van der Waals surface area contributed by atoms with E-state index >= 15 is 0 Å². The molecular weight excluding hydrogens is 272 g/mol. The molecule has 0 unspecified atom stereocenters. The van der Waals surface area contributed by atoms with E-state index in [0.717, 1.165) is 22.0 Å². The first kappa shape index (κ1) is 14.7. The first-order chi connectivity index (χ1) is 9.47. The molecule has 1 aromatic heterocycles. The van der Waals surface area contributed by atoms with Gasteiger partial charge < -0.3 is 5.11 Å². The fourth-order valence-corrected chi connectivity index (χ4v) is 2.59. The number of hydrogen-bond acceptors (Lipinski definition) is 3. The number of rotatable bonds is 5. The van der Waals surface area contributed by atoms with Crippen LogP contribution in [0.1, 0.15) is 31.0 Å². The first-order valence-corrected chi connectivity index (χ1v) is 7.47. The van der Waals surface area contributed by atoms with Crippen molar-refractivity contribution in [1.82, 2.24) is 9.78 Å². The van der Waals surface area contributed by atoms with E-state index in [2.05, 4.69) is 18.9 Å². The summed E-state index contributed by atoms with van der Waals surface area (Å²) in [5.41, 5.74) is 3.09. The number of carboxylic acids is 1. The summed E-state index contributed by atoms with van der Waals surface area (Å²) in [4.78, 5) is 10.8. The van der Waals surface area contributed by atoms with Crippen molar-refractivity contribution in [2.45, 2.75) is 31.7 Å². The Kier molecular flexibility index (Phi) is 4.49. The van der Waals surface area contributed by atoms with Crippen molar-refractivity contribution in [3.63, 3.8) is 0 Å². The molecule has 2 aromatic rings. The first-order valence-electron chi connectivity index (χ1n) is 6.49. The molecule has 0 aliphatic heterocycles. The Bertz CT molecular complexity index is 620. The van der Waals surface area contributed by atoms with E-state index in [1.807, 2.05) is 41.9 Å². The molecule has 1 N–H and O–H groups in total. The highest BCUT2D eigenvalue weighted by Gasteiger charge is 2.13. The van der Waals surface area contributed by atoms with Crippen LogP contribution in [0.4, 0.5) is 0 Å². The molecule has 0 spiro atoms. The topological polar surface area (TPSA) is 55.1 Å². The van der Waals surface area contributed by atoms with Gasteiger partial charge in [-0.15, -0.1) is 0 Å². The molecule has 0 aliphatic carbocycles. The minimum Gasteiger partial charge on any atom is -0.481 e. The third kappa shape index (κ3) is 3.42. The summed E-state index contributed by atoms with van der Waals surface area (Å²) in [5.74, 6) is -0.474. The van der Waals surface area contributed by atoms with Gasteiger partial charge in [0.05, 0.1) is 17.1 Å². The van der Waals surface area contributed by atoms with Crippen LogP contribution in [0.15, 0.2) is 35.4 Å². The van der Waals surface area contributed by atoms with Crippen LogP contribution in [0.25, 0.3) is 5.69 Å². The highest BCUT2D eigenvalue weighted by Crippen LogP contribution is 2.26. The number of hydrogen-bond donors (Lipinski definition) is 1. The monoisotopic (exact) mass is 290 g/mol. The van der Waals surface area contributed by atoms with E-state index in [9.17, 15) is 4.79 Å². The maximum atomic E-state index is 10.8. The summed E-state index contributed by atoms with van der Waals surface area (Å²) in [5, 5.41) is 14.3. The van der Waals surface area contributed by atoms with E-state index in [1.54, 1.807) is 0 Å². The number of nitrogens with zero attached hydrogens (tertiary/aromatic N) is 2. The summed E-state index contributed by atoms with van der Waals surface area (Å²) < 4.78 is 1.83. The van der Waals surface area contributed by atoms with Crippen LogP contribution in [0, 0.1) is 6.92 Å². The second kappa shape index (κ2) is 6.13. The molecule has 0 saturated heterocycles. The normalized spacial score (nSPS) is 11.0. The van der Waals surface area contributed by atoms with Crippen molar-refractivity contribution in [3.05, 3.63) is 41.6 Å². The third-order valence-corrected chi connectivity index (χ3v) is 3.85. The lowest BCUT2D eigenvalue weighted by Crippen LogP contribution is -2.02. The van der Waals surface area contributed by atoms with E-state index in [1.165, 1.54) is 11.8 Å². The van der Waals surface area contributed by atoms with Gasteiger partial charge in [0.25, 0.3) is 0 Å². The average Bonchev–Trinajstić information content (AvgIpc) is 2.80. The number of aliphatic carboxylic acids is 1. The van der Waals surface area contributed by atoms with Gasteiger partial charge >= 0.3 is 5.97 Å². The average molecular weight is 290 g/mol. The van der Waals surface area contributed by atoms with Gasteiger partial charge in [-0.25, -0.2) is 4.68 Å². The van der Waals surface area contributed by atoms with Crippen LogP contribution in [0.2, 0.25) is 0 Å². The van der Waals surface area contributed by atoms with Crippen molar-refractivity contribution in [2.75, 3.05) is 5.75 Å². The van der Waals surface area contributed by atoms with Crippen molar-refractivity contribution < 1.29 is 9.90 Å². The van der Waals surface area contributed by atoms with Gasteiger partial charge in [-0.3, -0.25) is 4.79 Å². The van der Waals surface area contributed by atoms with E-state index in [-0.39, 0.29) is 5.75 Å². The molecule has 0 fully saturated rings. The van der Waals surface area contributed by atoms with Gasteiger partial charge in [0.1, 0.15) is 5.03 Å². The lowest BCUT2D eigenvalue weighted by atomic mass is 10.1. The molecule has 0 radical (unpaired) electrons. The maximum absolute atomic E-state index is 10.8. The number of carbonyl (C=O) groups is 1. The SMILES string of the molecule is Cc1cccc(-n2nc(C(C)C)cc2SCC(=O)O)c1. The van der Waals surface area contributed by atoms with Crippen LogP contribution in [0.3, 0.4) is 0 Å². The predicted molar refractivity (Wildman–Crippen MR) is 80.7 cm³/mol. The molecule has 0 bridgehead atoms. The van der Waals surface area contributed by atoms with Crippen LogP contribution < -0.4 is 0 Å². The molecule has 4 nitrogen and oxygen atoms in total. The second-order valence-corrected chi connectivity index (χ2v) is 5.99. The fraction of sp³-hybridized carbons (Fsp3) is 0.333. The van der Waals surface area contributed by atoms with Gasteiger partial charge in [0, 0.05) is 0 Å². The second-order valence-electron chi connectivity index (χ2n) is 5.00.